The average Bonchev–Trinajstić information content (AvgIpc) is 2.34. The molecular formula is C13H7BrClFN2. The highest BCUT2D eigenvalue weighted by atomic mass is 79.9. The molecule has 0 spiro atoms. The summed E-state index contributed by atoms with van der Waals surface area (Å²) in [5.41, 5.74) is 1.37. The Morgan fingerprint density at radius 2 is 1.83 bits per heavy atom. The molecule has 0 aliphatic heterocycles. The molecule has 0 aromatic heterocycles. The molecule has 0 aliphatic rings. The van der Waals surface area contributed by atoms with Crippen LogP contribution >= 0.6 is 27.5 Å². The minimum absolute atomic E-state index is 0.0258. The maximum Gasteiger partial charge on any atom is 0.143 e. The lowest BCUT2D eigenvalue weighted by Gasteiger charge is -2.08. The Balaban J connectivity index is 2.26. The third kappa shape index (κ3) is 2.81. The van der Waals surface area contributed by atoms with Crippen LogP contribution in [0.5, 0.6) is 0 Å². The molecule has 5 heteroatoms. The van der Waals surface area contributed by atoms with Crippen LogP contribution in [0.4, 0.5) is 15.8 Å². The van der Waals surface area contributed by atoms with Crippen molar-refractivity contribution in [2.45, 2.75) is 0 Å². The SMILES string of the molecule is N#Cc1ccc(Nc2ccc(Cl)c(Br)c2)cc1F. The van der Waals surface area contributed by atoms with Crippen LogP contribution in [-0.4, -0.2) is 0 Å². The van der Waals surface area contributed by atoms with Crippen molar-refractivity contribution >= 4 is 38.9 Å². The van der Waals surface area contributed by atoms with Crippen LogP contribution in [0.3, 0.4) is 0 Å². The number of rotatable bonds is 2. The molecule has 0 aliphatic carbocycles. The summed E-state index contributed by atoms with van der Waals surface area (Å²) in [7, 11) is 0. The van der Waals surface area contributed by atoms with Crippen LogP contribution < -0.4 is 5.32 Å². The molecule has 2 aromatic carbocycles. The first-order chi connectivity index (χ1) is 8.60. The molecule has 0 saturated carbocycles. The average molecular weight is 326 g/mol. The number of anilines is 2. The van der Waals surface area contributed by atoms with E-state index in [1.54, 1.807) is 30.3 Å². The predicted molar refractivity (Wildman–Crippen MR) is 73.5 cm³/mol. The van der Waals surface area contributed by atoms with E-state index in [0.717, 1.165) is 10.2 Å². The molecule has 0 heterocycles. The summed E-state index contributed by atoms with van der Waals surface area (Å²) in [4.78, 5) is 0. The molecule has 0 amide bonds. The van der Waals surface area contributed by atoms with Gasteiger partial charge in [0.2, 0.25) is 0 Å². The lowest BCUT2D eigenvalue weighted by molar-refractivity contribution is 0.624. The van der Waals surface area contributed by atoms with E-state index >= 15 is 0 Å². The molecule has 2 aromatic rings. The Kier molecular flexibility index (Phi) is 3.85. The number of nitriles is 1. The molecule has 1 N–H and O–H groups in total. The first kappa shape index (κ1) is 12.9. The normalized spacial score (nSPS) is 9.89. The number of nitrogens with one attached hydrogen (secondary N) is 1. The van der Waals surface area contributed by atoms with E-state index in [1.807, 2.05) is 0 Å². The zero-order chi connectivity index (χ0) is 13.1. The van der Waals surface area contributed by atoms with Crippen molar-refractivity contribution < 1.29 is 4.39 Å². The van der Waals surface area contributed by atoms with Crippen molar-refractivity contribution in [2.24, 2.45) is 0 Å². The van der Waals surface area contributed by atoms with Crippen LogP contribution in [-0.2, 0) is 0 Å². The molecule has 2 nitrogen and oxygen atoms in total. The van der Waals surface area contributed by atoms with Crippen molar-refractivity contribution in [2.75, 3.05) is 5.32 Å². The predicted octanol–water partition coefficient (Wildman–Crippen LogP) is 4.86. The third-order valence-corrected chi connectivity index (χ3v) is 3.51. The highest BCUT2D eigenvalue weighted by Crippen LogP contribution is 2.27. The number of halogens is 3. The fraction of sp³-hybridized carbons (Fsp3) is 0. The maximum absolute atomic E-state index is 13.4. The minimum atomic E-state index is -0.546. The molecule has 0 atom stereocenters. The third-order valence-electron chi connectivity index (χ3n) is 2.30. The Labute approximate surface area is 117 Å². The van der Waals surface area contributed by atoms with E-state index in [0.29, 0.717) is 10.7 Å². The summed E-state index contributed by atoms with van der Waals surface area (Å²) in [6, 6.07) is 11.4. The van der Waals surface area contributed by atoms with Gasteiger partial charge in [0.1, 0.15) is 11.9 Å². The molecule has 2 rings (SSSR count). The van der Waals surface area contributed by atoms with Gasteiger partial charge in [-0.1, -0.05) is 11.6 Å². The molecule has 90 valence electrons. The monoisotopic (exact) mass is 324 g/mol. The van der Waals surface area contributed by atoms with Gasteiger partial charge >= 0.3 is 0 Å². The summed E-state index contributed by atoms with van der Waals surface area (Å²) in [5, 5.41) is 12.3. The zero-order valence-electron chi connectivity index (χ0n) is 9.05. The summed E-state index contributed by atoms with van der Waals surface area (Å²) in [6.07, 6.45) is 0. The Hall–Kier alpha value is -1.57. The highest BCUT2D eigenvalue weighted by molar-refractivity contribution is 9.10. The van der Waals surface area contributed by atoms with Gasteiger partial charge in [-0.3, -0.25) is 0 Å². The van der Waals surface area contributed by atoms with Crippen LogP contribution in [0, 0.1) is 17.1 Å². The van der Waals surface area contributed by atoms with E-state index < -0.39 is 5.82 Å². The number of hydrogen-bond donors (Lipinski definition) is 1. The van der Waals surface area contributed by atoms with Crippen LogP contribution in [0.2, 0.25) is 5.02 Å². The minimum Gasteiger partial charge on any atom is -0.355 e. The number of benzene rings is 2. The largest absolute Gasteiger partial charge is 0.355 e. The molecule has 0 radical (unpaired) electrons. The van der Waals surface area contributed by atoms with Gasteiger partial charge in [-0.2, -0.15) is 5.26 Å². The van der Waals surface area contributed by atoms with Crippen molar-refractivity contribution in [3.8, 4) is 6.07 Å². The van der Waals surface area contributed by atoms with Gasteiger partial charge in [0, 0.05) is 15.8 Å². The molecule has 0 saturated heterocycles. The van der Waals surface area contributed by atoms with E-state index in [2.05, 4.69) is 21.2 Å². The van der Waals surface area contributed by atoms with E-state index in [4.69, 9.17) is 16.9 Å². The summed E-state index contributed by atoms with van der Waals surface area (Å²) >= 11 is 9.19. The van der Waals surface area contributed by atoms with Gasteiger partial charge < -0.3 is 5.32 Å². The first-order valence-corrected chi connectivity index (χ1v) is 6.19. The van der Waals surface area contributed by atoms with Crippen molar-refractivity contribution in [3.63, 3.8) is 0 Å². The summed E-state index contributed by atoms with van der Waals surface area (Å²) in [5.74, 6) is -0.546. The van der Waals surface area contributed by atoms with Gasteiger partial charge in [0.15, 0.2) is 0 Å². The summed E-state index contributed by atoms with van der Waals surface area (Å²) in [6.45, 7) is 0. The molecule has 0 fully saturated rings. The Bertz CT molecular complexity index is 637. The van der Waals surface area contributed by atoms with Gasteiger partial charge in [-0.05, 0) is 52.3 Å². The van der Waals surface area contributed by atoms with Crippen molar-refractivity contribution in [3.05, 3.63) is 57.3 Å². The Morgan fingerprint density at radius 3 is 2.44 bits per heavy atom. The number of hydrogen-bond acceptors (Lipinski definition) is 2. The van der Waals surface area contributed by atoms with Crippen molar-refractivity contribution in [1.82, 2.24) is 0 Å². The van der Waals surface area contributed by atoms with Crippen molar-refractivity contribution in [1.29, 1.82) is 5.26 Å². The quantitative estimate of drug-likeness (QED) is 0.856. The molecule has 0 unspecified atom stereocenters. The van der Waals surface area contributed by atoms with E-state index in [9.17, 15) is 4.39 Å². The van der Waals surface area contributed by atoms with Crippen LogP contribution in [0.1, 0.15) is 5.56 Å². The van der Waals surface area contributed by atoms with Gasteiger partial charge in [0.25, 0.3) is 0 Å². The molecular weight excluding hydrogens is 319 g/mol. The van der Waals surface area contributed by atoms with Gasteiger partial charge in [0.05, 0.1) is 10.6 Å². The smallest absolute Gasteiger partial charge is 0.143 e. The second-order valence-corrected chi connectivity index (χ2v) is 4.82. The van der Waals surface area contributed by atoms with Gasteiger partial charge in [-0.15, -0.1) is 0 Å². The fourth-order valence-corrected chi connectivity index (χ4v) is 1.92. The molecule has 0 bridgehead atoms. The second-order valence-electron chi connectivity index (χ2n) is 3.56. The van der Waals surface area contributed by atoms with E-state index in [-0.39, 0.29) is 5.56 Å². The zero-order valence-corrected chi connectivity index (χ0v) is 11.4. The Morgan fingerprint density at radius 1 is 1.17 bits per heavy atom. The highest BCUT2D eigenvalue weighted by Gasteiger charge is 2.04. The topological polar surface area (TPSA) is 35.8 Å². The number of nitrogens with zero attached hydrogens (tertiary/aromatic N) is 1. The van der Waals surface area contributed by atoms with Gasteiger partial charge in [-0.25, -0.2) is 4.39 Å². The summed E-state index contributed by atoms with van der Waals surface area (Å²) < 4.78 is 14.2. The second kappa shape index (κ2) is 5.38. The lowest BCUT2D eigenvalue weighted by atomic mass is 10.2. The van der Waals surface area contributed by atoms with E-state index in [1.165, 1.54) is 12.1 Å². The standard InChI is InChI=1S/C13H7BrClFN2/c14-11-5-9(3-4-12(11)15)18-10-2-1-8(7-17)13(16)6-10/h1-6,18H. The van der Waals surface area contributed by atoms with Crippen LogP contribution in [0.15, 0.2) is 40.9 Å². The molecule has 18 heavy (non-hydrogen) atoms. The fourth-order valence-electron chi connectivity index (χ4n) is 1.42. The van der Waals surface area contributed by atoms with Crippen LogP contribution in [0.25, 0.3) is 0 Å². The lowest BCUT2D eigenvalue weighted by Crippen LogP contribution is -1.92. The first-order valence-electron chi connectivity index (χ1n) is 5.02. The maximum atomic E-state index is 13.4.